The zero-order valence-corrected chi connectivity index (χ0v) is 10.3. The Hall–Kier alpha value is -0.770. The van der Waals surface area contributed by atoms with Crippen LogP contribution >= 0.6 is 0 Å². The van der Waals surface area contributed by atoms with Gasteiger partial charge >= 0.3 is 6.09 Å². The van der Waals surface area contributed by atoms with Crippen molar-refractivity contribution in [3.63, 3.8) is 0 Å². The van der Waals surface area contributed by atoms with E-state index in [1.165, 1.54) is 0 Å². The molecule has 0 aromatic heterocycles. The molecule has 3 atom stereocenters. The Bertz CT molecular complexity index is 284. The first-order chi connectivity index (χ1) is 7.37. The van der Waals surface area contributed by atoms with Crippen molar-refractivity contribution in [2.24, 2.45) is 11.8 Å². The van der Waals surface area contributed by atoms with Gasteiger partial charge in [0.1, 0.15) is 5.60 Å². The number of carbonyl (C=O) groups is 1. The number of carbonyl (C=O) groups excluding carboxylic acids is 1. The number of hydrogen-bond acceptors (Lipinski definition) is 3. The topological polar surface area (TPSA) is 49.8 Å². The highest BCUT2D eigenvalue weighted by Gasteiger charge is 2.44. The molecule has 4 nitrogen and oxygen atoms in total. The first-order valence-electron chi connectivity index (χ1n) is 6.03. The average Bonchev–Trinajstić information content (AvgIpc) is 2.65. The van der Waals surface area contributed by atoms with Crippen LogP contribution in [0.1, 0.15) is 33.6 Å². The number of nitrogens with zero attached hydrogens (tertiary/aromatic N) is 1. The molecule has 1 amide bonds. The van der Waals surface area contributed by atoms with Gasteiger partial charge in [-0.25, -0.2) is 4.79 Å². The van der Waals surface area contributed by atoms with Crippen molar-refractivity contribution in [1.82, 2.24) is 4.90 Å². The van der Waals surface area contributed by atoms with Crippen molar-refractivity contribution >= 4 is 6.09 Å². The summed E-state index contributed by atoms with van der Waals surface area (Å²) in [4.78, 5) is 13.6. The maximum Gasteiger partial charge on any atom is 0.410 e. The summed E-state index contributed by atoms with van der Waals surface area (Å²) in [6.07, 6.45) is 1.45. The highest BCUT2D eigenvalue weighted by molar-refractivity contribution is 5.68. The molecule has 0 aromatic rings. The van der Waals surface area contributed by atoms with E-state index in [1.807, 2.05) is 20.8 Å². The highest BCUT2D eigenvalue weighted by atomic mass is 16.6. The van der Waals surface area contributed by atoms with Gasteiger partial charge in [0.2, 0.25) is 0 Å². The van der Waals surface area contributed by atoms with Gasteiger partial charge in [0, 0.05) is 19.0 Å². The SMILES string of the molecule is CC(C)(C)OC(=O)N1C[C@@H]2CC[C@@H](O)[C@H]2C1. The molecule has 1 heterocycles. The molecule has 1 aliphatic heterocycles. The third-order valence-corrected chi connectivity index (χ3v) is 3.47. The summed E-state index contributed by atoms with van der Waals surface area (Å²) in [5.41, 5.74) is -0.437. The number of fused-ring (bicyclic) bond motifs is 1. The number of ether oxygens (including phenoxy) is 1. The largest absolute Gasteiger partial charge is 0.444 e. The molecule has 2 fully saturated rings. The Morgan fingerprint density at radius 2 is 2.00 bits per heavy atom. The molecule has 1 saturated heterocycles. The van der Waals surface area contributed by atoms with Crippen LogP contribution in [0.5, 0.6) is 0 Å². The van der Waals surface area contributed by atoms with Gasteiger partial charge in [-0.05, 0) is 39.5 Å². The minimum absolute atomic E-state index is 0.225. The van der Waals surface area contributed by atoms with Crippen molar-refractivity contribution in [1.29, 1.82) is 0 Å². The number of rotatable bonds is 0. The van der Waals surface area contributed by atoms with Gasteiger partial charge in [-0.3, -0.25) is 0 Å². The standard InChI is InChI=1S/C12H21NO3/c1-12(2,3)16-11(15)13-6-8-4-5-10(14)9(8)7-13/h8-10,14H,4-7H2,1-3H3/t8-,9-,10+/m0/s1. The molecule has 0 radical (unpaired) electrons. The number of aliphatic hydroxyl groups excluding tert-OH is 1. The summed E-state index contributed by atoms with van der Waals surface area (Å²) in [7, 11) is 0. The lowest BCUT2D eigenvalue weighted by Gasteiger charge is -2.25. The van der Waals surface area contributed by atoms with Gasteiger partial charge in [0.05, 0.1) is 6.10 Å². The molecular formula is C12H21NO3. The summed E-state index contributed by atoms with van der Waals surface area (Å²) >= 11 is 0. The van der Waals surface area contributed by atoms with E-state index in [-0.39, 0.29) is 18.1 Å². The van der Waals surface area contributed by atoms with Crippen molar-refractivity contribution < 1.29 is 14.6 Å². The Morgan fingerprint density at radius 3 is 2.56 bits per heavy atom. The van der Waals surface area contributed by atoms with Crippen LogP contribution in [0.15, 0.2) is 0 Å². The van der Waals surface area contributed by atoms with Gasteiger partial charge in [0.25, 0.3) is 0 Å². The van der Waals surface area contributed by atoms with Crippen LogP contribution in [0.3, 0.4) is 0 Å². The average molecular weight is 227 g/mol. The molecular weight excluding hydrogens is 206 g/mol. The fourth-order valence-corrected chi connectivity index (χ4v) is 2.71. The van der Waals surface area contributed by atoms with Crippen molar-refractivity contribution in [3.05, 3.63) is 0 Å². The maximum atomic E-state index is 11.8. The lowest BCUT2D eigenvalue weighted by atomic mass is 10.00. The lowest BCUT2D eigenvalue weighted by Crippen LogP contribution is -2.36. The third-order valence-electron chi connectivity index (χ3n) is 3.47. The maximum absolute atomic E-state index is 11.8. The second kappa shape index (κ2) is 3.91. The van der Waals surface area contributed by atoms with E-state index in [1.54, 1.807) is 4.90 Å². The molecule has 92 valence electrons. The third kappa shape index (κ3) is 2.32. The van der Waals surface area contributed by atoms with Crippen LogP contribution in [0.4, 0.5) is 4.79 Å². The molecule has 1 N–H and O–H groups in total. The van der Waals surface area contributed by atoms with Crippen LogP contribution in [0.2, 0.25) is 0 Å². The fourth-order valence-electron chi connectivity index (χ4n) is 2.71. The first-order valence-corrected chi connectivity index (χ1v) is 6.03. The quantitative estimate of drug-likeness (QED) is 0.684. The monoisotopic (exact) mass is 227 g/mol. The Balaban J connectivity index is 1.92. The molecule has 0 bridgehead atoms. The minimum atomic E-state index is -0.437. The highest BCUT2D eigenvalue weighted by Crippen LogP contribution is 2.38. The zero-order chi connectivity index (χ0) is 11.9. The Morgan fingerprint density at radius 1 is 1.31 bits per heavy atom. The van der Waals surface area contributed by atoms with E-state index in [2.05, 4.69) is 0 Å². The number of aliphatic hydroxyl groups is 1. The summed E-state index contributed by atoms with van der Waals surface area (Å²) in [6.45, 7) is 7.02. The number of hydrogen-bond donors (Lipinski definition) is 1. The number of amides is 1. The molecule has 2 rings (SSSR count). The first kappa shape index (κ1) is 11.7. The van der Waals surface area contributed by atoms with E-state index in [0.717, 1.165) is 19.4 Å². The Kier molecular flexibility index (Phi) is 2.86. The van der Waals surface area contributed by atoms with E-state index in [0.29, 0.717) is 12.5 Å². The summed E-state index contributed by atoms with van der Waals surface area (Å²) in [5.74, 6) is 0.745. The second-order valence-corrected chi connectivity index (χ2v) is 5.95. The molecule has 1 saturated carbocycles. The summed E-state index contributed by atoms with van der Waals surface area (Å²) in [5, 5.41) is 9.75. The minimum Gasteiger partial charge on any atom is -0.444 e. The van der Waals surface area contributed by atoms with Crippen molar-refractivity contribution in [3.8, 4) is 0 Å². The van der Waals surface area contributed by atoms with E-state index >= 15 is 0 Å². The van der Waals surface area contributed by atoms with Gasteiger partial charge in [-0.2, -0.15) is 0 Å². The van der Waals surface area contributed by atoms with Crippen LogP contribution in [-0.4, -0.2) is 40.9 Å². The van der Waals surface area contributed by atoms with E-state index in [9.17, 15) is 9.90 Å². The van der Waals surface area contributed by atoms with Gasteiger partial charge < -0.3 is 14.7 Å². The smallest absolute Gasteiger partial charge is 0.410 e. The predicted molar refractivity (Wildman–Crippen MR) is 60.0 cm³/mol. The predicted octanol–water partition coefficient (Wildman–Crippen LogP) is 1.62. The van der Waals surface area contributed by atoms with Gasteiger partial charge in [-0.15, -0.1) is 0 Å². The second-order valence-electron chi connectivity index (χ2n) is 5.95. The Labute approximate surface area is 96.6 Å². The molecule has 2 aliphatic rings. The van der Waals surface area contributed by atoms with Crippen molar-refractivity contribution in [2.45, 2.75) is 45.3 Å². The summed E-state index contributed by atoms with van der Waals surface area (Å²) in [6, 6.07) is 0. The number of likely N-dealkylation sites (tertiary alicyclic amines) is 1. The van der Waals surface area contributed by atoms with Crippen LogP contribution < -0.4 is 0 Å². The van der Waals surface area contributed by atoms with Crippen molar-refractivity contribution in [2.75, 3.05) is 13.1 Å². The fraction of sp³-hybridized carbons (Fsp3) is 0.917. The zero-order valence-electron chi connectivity index (χ0n) is 10.3. The molecule has 0 unspecified atom stereocenters. The van der Waals surface area contributed by atoms with Gasteiger partial charge in [-0.1, -0.05) is 0 Å². The van der Waals surface area contributed by atoms with Crippen LogP contribution in [-0.2, 0) is 4.74 Å². The molecule has 4 heteroatoms. The van der Waals surface area contributed by atoms with E-state index < -0.39 is 5.60 Å². The normalized spacial score (nSPS) is 34.0. The molecule has 0 spiro atoms. The lowest BCUT2D eigenvalue weighted by molar-refractivity contribution is 0.0263. The summed E-state index contributed by atoms with van der Waals surface area (Å²) < 4.78 is 5.33. The van der Waals surface area contributed by atoms with Crippen LogP contribution in [0, 0.1) is 11.8 Å². The van der Waals surface area contributed by atoms with Crippen LogP contribution in [0.25, 0.3) is 0 Å². The molecule has 1 aliphatic carbocycles. The van der Waals surface area contributed by atoms with E-state index in [4.69, 9.17) is 4.74 Å². The van der Waals surface area contributed by atoms with Gasteiger partial charge in [0.15, 0.2) is 0 Å². The molecule has 0 aromatic carbocycles. The molecule has 16 heavy (non-hydrogen) atoms.